The third kappa shape index (κ3) is 1.71. The molecule has 0 N–H and O–H groups in total. The van der Waals surface area contributed by atoms with E-state index in [-0.39, 0.29) is 0 Å². The average Bonchev–Trinajstić information content (AvgIpc) is 2.71. The Balaban J connectivity index is 1.95. The first-order valence-corrected chi connectivity index (χ1v) is 4.58. The number of amides is 1. The fraction of sp³-hybridized carbons (Fsp3) is 0.556. The van der Waals surface area contributed by atoms with Gasteiger partial charge in [0.25, 0.3) is 0 Å². The van der Waals surface area contributed by atoms with Crippen molar-refractivity contribution in [1.29, 1.82) is 0 Å². The monoisotopic (exact) mass is 179 g/mol. The number of rotatable bonds is 2. The average molecular weight is 179 g/mol. The van der Waals surface area contributed by atoms with E-state index >= 15 is 0 Å². The molecule has 2 heterocycles. The van der Waals surface area contributed by atoms with Gasteiger partial charge in [-0.15, -0.1) is 0 Å². The van der Waals surface area contributed by atoms with Crippen LogP contribution in [0.5, 0.6) is 0 Å². The zero-order valence-corrected chi connectivity index (χ0v) is 7.47. The molecule has 0 unspecified atom stereocenters. The Morgan fingerprint density at radius 2 is 2.15 bits per heavy atom. The summed E-state index contributed by atoms with van der Waals surface area (Å²) in [5, 5.41) is 4.20. The molecule has 1 fully saturated rings. The van der Waals surface area contributed by atoms with Crippen molar-refractivity contribution in [1.82, 2.24) is 14.7 Å². The lowest BCUT2D eigenvalue weighted by molar-refractivity contribution is -0.119. The summed E-state index contributed by atoms with van der Waals surface area (Å²) in [6.07, 6.45) is 6.74. The summed E-state index contributed by atoms with van der Waals surface area (Å²) in [6.45, 7) is 1.71. The van der Waals surface area contributed by atoms with E-state index in [1.165, 1.54) is 0 Å². The zero-order chi connectivity index (χ0) is 9.10. The van der Waals surface area contributed by atoms with Crippen LogP contribution in [-0.4, -0.2) is 34.2 Å². The molecule has 0 aromatic carbocycles. The van der Waals surface area contributed by atoms with Crippen LogP contribution in [0.1, 0.15) is 18.9 Å². The van der Waals surface area contributed by atoms with Crippen molar-refractivity contribution in [3.05, 3.63) is 18.5 Å². The molecular formula is C9H13N3O. The third-order valence-corrected chi connectivity index (χ3v) is 2.55. The van der Waals surface area contributed by atoms with E-state index in [1.807, 2.05) is 21.8 Å². The van der Waals surface area contributed by atoms with Gasteiger partial charge in [-0.3, -0.25) is 9.48 Å². The molecule has 0 saturated carbocycles. The summed E-state index contributed by atoms with van der Waals surface area (Å²) in [4.78, 5) is 12.3. The Kier molecular flexibility index (Phi) is 2.29. The molecule has 1 saturated heterocycles. The van der Waals surface area contributed by atoms with Crippen LogP contribution < -0.4 is 0 Å². The Labute approximate surface area is 77.1 Å². The Hall–Kier alpha value is -1.32. The van der Waals surface area contributed by atoms with Crippen LogP contribution in [0.4, 0.5) is 0 Å². The van der Waals surface area contributed by atoms with Crippen LogP contribution in [0.2, 0.25) is 0 Å². The third-order valence-electron chi connectivity index (χ3n) is 2.55. The number of likely N-dealkylation sites (tertiary alicyclic amines) is 1. The highest BCUT2D eigenvalue weighted by Crippen LogP contribution is 2.20. The maximum atomic E-state index is 10.5. The molecule has 13 heavy (non-hydrogen) atoms. The number of carbonyl (C=O) groups is 1. The largest absolute Gasteiger partial charge is 0.345 e. The smallest absolute Gasteiger partial charge is 0.209 e. The van der Waals surface area contributed by atoms with Crippen molar-refractivity contribution >= 4 is 6.41 Å². The Morgan fingerprint density at radius 1 is 1.38 bits per heavy atom. The summed E-state index contributed by atoms with van der Waals surface area (Å²) in [6, 6.07) is 2.41. The highest BCUT2D eigenvalue weighted by molar-refractivity contribution is 5.47. The number of hydrogen-bond acceptors (Lipinski definition) is 2. The van der Waals surface area contributed by atoms with Crippen molar-refractivity contribution in [2.45, 2.75) is 18.9 Å². The molecule has 0 aliphatic carbocycles. The van der Waals surface area contributed by atoms with E-state index in [9.17, 15) is 4.79 Å². The van der Waals surface area contributed by atoms with Crippen LogP contribution in [0.3, 0.4) is 0 Å². The SMILES string of the molecule is O=CN1CCC(n2cccn2)CC1. The first kappa shape index (κ1) is 8.29. The van der Waals surface area contributed by atoms with Crippen molar-refractivity contribution < 1.29 is 4.79 Å². The Morgan fingerprint density at radius 3 is 2.69 bits per heavy atom. The lowest BCUT2D eigenvalue weighted by Gasteiger charge is -2.29. The molecule has 4 heteroatoms. The summed E-state index contributed by atoms with van der Waals surface area (Å²) >= 11 is 0. The molecule has 0 atom stereocenters. The molecule has 0 spiro atoms. The first-order valence-electron chi connectivity index (χ1n) is 4.58. The van der Waals surface area contributed by atoms with Crippen molar-refractivity contribution in [2.75, 3.05) is 13.1 Å². The first-order chi connectivity index (χ1) is 6.40. The van der Waals surface area contributed by atoms with E-state index in [0.717, 1.165) is 32.3 Å². The minimum atomic E-state index is 0.478. The topological polar surface area (TPSA) is 38.1 Å². The van der Waals surface area contributed by atoms with Crippen molar-refractivity contribution in [3.8, 4) is 0 Å². The second-order valence-corrected chi connectivity index (χ2v) is 3.36. The molecule has 4 nitrogen and oxygen atoms in total. The second kappa shape index (κ2) is 3.60. The quantitative estimate of drug-likeness (QED) is 0.626. The van der Waals surface area contributed by atoms with Gasteiger partial charge in [0.15, 0.2) is 0 Å². The normalized spacial score (nSPS) is 18.9. The molecule has 2 rings (SSSR count). The number of carbonyl (C=O) groups excluding carboxylic acids is 1. The highest BCUT2D eigenvalue weighted by atomic mass is 16.1. The summed E-state index contributed by atoms with van der Waals surface area (Å²) < 4.78 is 1.99. The van der Waals surface area contributed by atoms with E-state index in [1.54, 1.807) is 6.20 Å². The van der Waals surface area contributed by atoms with Crippen LogP contribution in [0, 0.1) is 0 Å². The summed E-state index contributed by atoms with van der Waals surface area (Å²) in [5.41, 5.74) is 0. The fourth-order valence-electron chi connectivity index (χ4n) is 1.75. The number of hydrogen-bond donors (Lipinski definition) is 0. The zero-order valence-electron chi connectivity index (χ0n) is 7.47. The molecule has 1 amide bonds. The minimum absolute atomic E-state index is 0.478. The van der Waals surface area contributed by atoms with E-state index in [0.29, 0.717) is 6.04 Å². The van der Waals surface area contributed by atoms with E-state index < -0.39 is 0 Å². The van der Waals surface area contributed by atoms with Gasteiger partial charge in [-0.1, -0.05) is 0 Å². The van der Waals surface area contributed by atoms with Gasteiger partial charge in [0.05, 0.1) is 6.04 Å². The number of nitrogens with zero attached hydrogens (tertiary/aromatic N) is 3. The number of aromatic nitrogens is 2. The van der Waals surface area contributed by atoms with Crippen LogP contribution in [0.15, 0.2) is 18.5 Å². The van der Waals surface area contributed by atoms with Gasteiger partial charge >= 0.3 is 0 Å². The maximum absolute atomic E-state index is 10.5. The minimum Gasteiger partial charge on any atom is -0.345 e. The van der Waals surface area contributed by atoms with Crippen LogP contribution in [0.25, 0.3) is 0 Å². The molecule has 1 aliphatic rings. The van der Waals surface area contributed by atoms with Gasteiger partial charge in [-0.2, -0.15) is 5.10 Å². The van der Waals surface area contributed by atoms with Crippen LogP contribution >= 0.6 is 0 Å². The molecular weight excluding hydrogens is 166 g/mol. The predicted octanol–water partition coefficient (Wildman–Crippen LogP) is 0.676. The molecule has 1 aliphatic heterocycles. The van der Waals surface area contributed by atoms with Gasteiger partial charge in [0.1, 0.15) is 0 Å². The molecule has 1 aromatic heterocycles. The van der Waals surface area contributed by atoms with Crippen LogP contribution in [-0.2, 0) is 4.79 Å². The summed E-state index contributed by atoms with van der Waals surface area (Å²) in [5.74, 6) is 0. The number of piperidine rings is 1. The predicted molar refractivity (Wildman–Crippen MR) is 48.1 cm³/mol. The molecule has 0 radical (unpaired) electrons. The van der Waals surface area contributed by atoms with E-state index in [2.05, 4.69) is 5.10 Å². The van der Waals surface area contributed by atoms with Gasteiger partial charge in [0, 0.05) is 25.5 Å². The van der Waals surface area contributed by atoms with Crippen molar-refractivity contribution in [3.63, 3.8) is 0 Å². The Bertz CT molecular complexity index is 262. The fourth-order valence-corrected chi connectivity index (χ4v) is 1.75. The van der Waals surface area contributed by atoms with Crippen molar-refractivity contribution in [2.24, 2.45) is 0 Å². The standard InChI is InChI=1S/C9H13N3O/c13-8-11-6-2-9(3-7-11)12-5-1-4-10-12/h1,4-5,8-9H,2-3,6-7H2. The highest BCUT2D eigenvalue weighted by Gasteiger charge is 2.18. The second-order valence-electron chi connectivity index (χ2n) is 3.36. The van der Waals surface area contributed by atoms with Gasteiger partial charge < -0.3 is 4.90 Å². The van der Waals surface area contributed by atoms with E-state index in [4.69, 9.17) is 0 Å². The molecule has 0 bridgehead atoms. The lowest BCUT2D eigenvalue weighted by atomic mass is 10.1. The lowest BCUT2D eigenvalue weighted by Crippen LogP contribution is -2.33. The van der Waals surface area contributed by atoms with Gasteiger partial charge in [0.2, 0.25) is 6.41 Å². The van der Waals surface area contributed by atoms with Gasteiger partial charge in [-0.05, 0) is 18.9 Å². The van der Waals surface area contributed by atoms with Gasteiger partial charge in [-0.25, -0.2) is 0 Å². The molecule has 1 aromatic rings. The maximum Gasteiger partial charge on any atom is 0.209 e. The summed E-state index contributed by atoms with van der Waals surface area (Å²) in [7, 11) is 0. The molecule has 70 valence electrons.